The van der Waals surface area contributed by atoms with Crippen LogP contribution in [0.5, 0.6) is 0 Å². The minimum absolute atomic E-state index is 0.0594. The van der Waals surface area contributed by atoms with Crippen LogP contribution in [0.2, 0.25) is 0 Å². The molecule has 1 unspecified atom stereocenters. The fraction of sp³-hybridized carbons (Fsp3) is 0.792. The van der Waals surface area contributed by atoms with Crippen molar-refractivity contribution in [1.82, 2.24) is 14.9 Å². The van der Waals surface area contributed by atoms with E-state index >= 15 is 0 Å². The van der Waals surface area contributed by atoms with E-state index in [9.17, 15) is 4.79 Å². The van der Waals surface area contributed by atoms with E-state index < -0.39 is 0 Å². The number of aromatic nitrogens is 2. The lowest BCUT2D eigenvalue weighted by molar-refractivity contribution is -0.123. The van der Waals surface area contributed by atoms with Crippen molar-refractivity contribution in [3.8, 4) is 0 Å². The first-order valence-corrected chi connectivity index (χ1v) is 12.1. The first-order chi connectivity index (χ1) is 15.0. The number of ether oxygens (including phenoxy) is 1. The van der Waals surface area contributed by atoms with Gasteiger partial charge in [-0.2, -0.15) is 0 Å². The fourth-order valence-electron chi connectivity index (χ4n) is 6.62. The summed E-state index contributed by atoms with van der Waals surface area (Å²) in [7, 11) is 1.86. The van der Waals surface area contributed by atoms with Crippen LogP contribution >= 0.6 is 0 Å². The number of hydrogen-bond acceptors (Lipinski definition) is 6. The monoisotopic (exact) mass is 427 g/mol. The lowest BCUT2D eigenvalue weighted by atomic mass is 9.74. The highest BCUT2D eigenvalue weighted by atomic mass is 16.5. The zero-order chi connectivity index (χ0) is 21.5. The van der Waals surface area contributed by atoms with Crippen molar-refractivity contribution >= 4 is 11.9 Å². The maximum absolute atomic E-state index is 12.0. The number of anilines is 1. The second-order valence-electron chi connectivity index (χ2n) is 10.4. The molecule has 1 aliphatic carbocycles. The number of nitrogens with zero attached hydrogens (tertiary/aromatic N) is 4. The van der Waals surface area contributed by atoms with Gasteiger partial charge in [-0.25, -0.2) is 9.97 Å². The van der Waals surface area contributed by atoms with Crippen molar-refractivity contribution in [2.75, 3.05) is 31.6 Å². The smallest absolute Gasteiger partial charge is 0.225 e. The van der Waals surface area contributed by atoms with Crippen molar-refractivity contribution in [3.05, 3.63) is 18.0 Å². The Hall–Kier alpha value is -1.73. The maximum atomic E-state index is 12.0. The van der Waals surface area contributed by atoms with Gasteiger partial charge in [0.15, 0.2) is 0 Å². The second kappa shape index (κ2) is 8.66. The summed E-state index contributed by atoms with van der Waals surface area (Å²) >= 11 is 0. The molecular weight excluding hydrogens is 390 g/mol. The van der Waals surface area contributed by atoms with Crippen LogP contribution in [0.1, 0.15) is 50.5 Å². The summed E-state index contributed by atoms with van der Waals surface area (Å²) < 4.78 is 6.01. The molecule has 31 heavy (non-hydrogen) atoms. The van der Waals surface area contributed by atoms with E-state index in [-0.39, 0.29) is 17.9 Å². The molecule has 2 N–H and O–H groups in total. The minimum Gasteiger partial charge on any atom is -0.379 e. The van der Waals surface area contributed by atoms with Crippen LogP contribution in [-0.2, 0) is 9.53 Å². The van der Waals surface area contributed by atoms with Crippen LogP contribution in [-0.4, -0.2) is 65.7 Å². The van der Waals surface area contributed by atoms with E-state index in [2.05, 4.69) is 19.8 Å². The van der Waals surface area contributed by atoms with Crippen LogP contribution in [0.25, 0.3) is 0 Å². The van der Waals surface area contributed by atoms with Gasteiger partial charge < -0.3 is 15.4 Å². The number of amides is 1. The van der Waals surface area contributed by atoms with Crippen molar-refractivity contribution in [2.45, 2.75) is 70.1 Å². The van der Waals surface area contributed by atoms with Crippen molar-refractivity contribution < 1.29 is 9.53 Å². The Morgan fingerprint density at radius 1 is 1.16 bits per heavy atom. The van der Waals surface area contributed by atoms with Gasteiger partial charge in [0.2, 0.25) is 11.9 Å². The van der Waals surface area contributed by atoms with E-state index in [1.54, 1.807) is 0 Å². The van der Waals surface area contributed by atoms with Gasteiger partial charge in [-0.3, -0.25) is 9.69 Å². The summed E-state index contributed by atoms with van der Waals surface area (Å²) in [6.07, 6.45) is 12.5. The van der Waals surface area contributed by atoms with Crippen LogP contribution in [0.3, 0.4) is 0 Å². The highest BCUT2D eigenvalue weighted by Gasteiger charge is 2.47. The van der Waals surface area contributed by atoms with Gasteiger partial charge in [-0.05, 0) is 75.2 Å². The van der Waals surface area contributed by atoms with Crippen molar-refractivity contribution in [1.29, 1.82) is 0 Å². The Morgan fingerprint density at radius 2 is 1.84 bits per heavy atom. The van der Waals surface area contributed by atoms with E-state index in [4.69, 9.17) is 10.5 Å². The number of hydrogen-bond donors (Lipinski definition) is 1. The summed E-state index contributed by atoms with van der Waals surface area (Å²) in [5.74, 6) is 2.62. The standard InChI is InChI=1S/C24H37N5O2/c1-15-11-26-24(27-12-15)28-8-7-20(22(14-28)31-2)17-9-18-5-6-19(10-17)29(18)13-21(23(25)30)16-3-4-16/h11-12,16-22H,3-10,13-14H2,1-2H3,(H2,25,30)/t17?,18-,19+,20-,21-,22-/m1/s1. The fourth-order valence-corrected chi connectivity index (χ4v) is 6.62. The van der Waals surface area contributed by atoms with Gasteiger partial charge in [0, 0.05) is 51.2 Å². The zero-order valence-electron chi connectivity index (χ0n) is 18.9. The molecule has 7 heteroatoms. The van der Waals surface area contributed by atoms with E-state index in [1.807, 2.05) is 26.4 Å². The topological polar surface area (TPSA) is 84.6 Å². The molecule has 170 valence electrons. The van der Waals surface area contributed by atoms with Gasteiger partial charge in [0.1, 0.15) is 0 Å². The molecule has 5 rings (SSSR count). The number of carbonyl (C=O) groups excluding carboxylic acids is 1. The first kappa shape index (κ1) is 21.1. The number of rotatable bonds is 7. The molecule has 2 bridgehead atoms. The highest BCUT2D eigenvalue weighted by Crippen LogP contribution is 2.46. The average molecular weight is 428 g/mol. The third-order valence-corrected chi connectivity index (χ3v) is 8.45. The Balaban J connectivity index is 1.22. The summed E-state index contributed by atoms with van der Waals surface area (Å²) in [6.45, 7) is 4.77. The molecule has 1 aromatic rings. The minimum atomic E-state index is -0.0887. The van der Waals surface area contributed by atoms with Gasteiger partial charge in [0.25, 0.3) is 0 Å². The molecular formula is C24H37N5O2. The molecule has 0 aromatic carbocycles. The molecule has 0 radical (unpaired) electrons. The maximum Gasteiger partial charge on any atom is 0.225 e. The Kier molecular flexibility index (Phi) is 5.90. The molecule has 4 aliphatic rings. The molecule has 3 saturated heterocycles. The summed E-state index contributed by atoms with van der Waals surface area (Å²) in [5.41, 5.74) is 6.85. The highest BCUT2D eigenvalue weighted by molar-refractivity contribution is 5.77. The predicted octanol–water partition coefficient (Wildman–Crippen LogP) is 2.38. The lowest BCUT2D eigenvalue weighted by Crippen LogP contribution is -2.53. The summed E-state index contributed by atoms with van der Waals surface area (Å²) in [6, 6.07) is 1.22. The molecule has 7 nitrogen and oxygen atoms in total. The van der Waals surface area contributed by atoms with Gasteiger partial charge in [-0.15, -0.1) is 0 Å². The number of fused-ring (bicyclic) bond motifs is 2. The lowest BCUT2D eigenvalue weighted by Gasteiger charge is -2.47. The van der Waals surface area contributed by atoms with E-state index in [1.165, 1.54) is 38.5 Å². The Bertz CT molecular complexity index is 769. The molecule has 1 aromatic heterocycles. The quantitative estimate of drug-likeness (QED) is 0.719. The number of piperidine rings is 2. The van der Waals surface area contributed by atoms with Gasteiger partial charge in [-0.1, -0.05) is 0 Å². The number of primary amides is 1. The Labute approximate surface area is 185 Å². The third kappa shape index (κ3) is 4.31. The SMILES string of the molecule is CO[C@@H]1CN(c2ncc(C)cn2)CC[C@@H]1C1C[C@H]2CC[C@@H](C1)N2C[C@@H](C(N)=O)C1CC1. The molecule has 1 saturated carbocycles. The number of nitrogens with two attached hydrogens (primary N) is 1. The average Bonchev–Trinajstić information content (AvgIpc) is 3.58. The van der Waals surface area contributed by atoms with Crippen LogP contribution < -0.4 is 10.6 Å². The van der Waals surface area contributed by atoms with Crippen molar-refractivity contribution in [2.24, 2.45) is 29.4 Å². The first-order valence-electron chi connectivity index (χ1n) is 12.1. The largest absolute Gasteiger partial charge is 0.379 e. The Morgan fingerprint density at radius 3 is 2.42 bits per heavy atom. The van der Waals surface area contributed by atoms with Crippen LogP contribution in [0.4, 0.5) is 5.95 Å². The molecule has 4 fully saturated rings. The summed E-state index contributed by atoms with van der Waals surface area (Å²) in [4.78, 5) is 26.0. The van der Waals surface area contributed by atoms with Crippen LogP contribution in [0.15, 0.2) is 12.4 Å². The predicted molar refractivity (Wildman–Crippen MR) is 120 cm³/mol. The van der Waals surface area contributed by atoms with Gasteiger partial charge >= 0.3 is 0 Å². The molecule has 6 atom stereocenters. The van der Waals surface area contributed by atoms with E-state index in [0.29, 0.717) is 29.8 Å². The molecule has 4 heterocycles. The number of methoxy groups -OCH3 is 1. The number of carbonyl (C=O) groups is 1. The molecule has 0 spiro atoms. The zero-order valence-corrected chi connectivity index (χ0v) is 18.9. The second-order valence-corrected chi connectivity index (χ2v) is 10.4. The summed E-state index contributed by atoms with van der Waals surface area (Å²) in [5, 5.41) is 0. The number of aryl methyl sites for hydroxylation is 1. The van der Waals surface area contributed by atoms with Gasteiger partial charge in [0.05, 0.1) is 12.0 Å². The van der Waals surface area contributed by atoms with Crippen LogP contribution in [0, 0.1) is 30.6 Å². The molecule has 1 amide bonds. The molecule has 3 aliphatic heterocycles. The third-order valence-electron chi connectivity index (χ3n) is 8.45. The normalized spacial score (nSPS) is 34.6. The van der Waals surface area contributed by atoms with E-state index in [0.717, 1.165) is 37.6 Å². The van der Waals surface area contributed by atoms with Crippen molar-refractivity contribution in [3.63, 3.8) is 0 Å².